The number of ether oxygens (including phenoxy) is 2. The molecule has 2 amide bonds. The molecule has 1 N–H and O–H groups in total. The number of aryl methyl sites for hydroxylation is 2. The molecule has 0 aromatic heterocycles. The van der Waals surface area contributed by atoms with Gasteiger partial charge in [-0.2, -0.15) is 0 Å². The van der Waals surface area contributed by atoms with Gasteiger partial charge in [0.1, 0.15) is 18.1 Å². The van der Waals surface area contributed by atoms with Crippen LogP contribution < -0.4 is 14.8 Å². The lowest BCUT2D eigenvalue weighted by atomic mass is 10.1. The molecular formula is C21H26N2O4. The maximum Gasteiger partial charge on any atom is 0.244 e. The number of methoxy groups -OCH3 is 1. The van der Waals surface area contributed by atoms with Crippen LogP contribution in [0, 0.1) is 13.8 Å². The SMILES string of the molecule is COc1ccc(OCCN(CC(=O)Nc2ccc(C)cc2C)C(C)=O)cc1. The number of amides is 2. The molecule has 0 aliphatic carbocycles. The Morgan fingerprint density at radius 1 is 1.04 bits per heavy atom. The Kier molecular flexibility index (Phi) is 7.23. The Hall–Kier alpha value is -3.02. The fraction of sp³-hybridized carbons (Fsp3) is 0.333. The monoisotopic (exact) mass is 370 g/mol. The lowest BCUT2D eigenvalue weighted by Crippen LogP contribution is -2.39. The van der Waals surface area contributed by atoms with E-state index in [-0.39, 0.29) is 18.4 Å². The van der Waals surface area contributed by atoms with Crippen molar-refractivity contribution in [2.75, 3.05) is 32.1 Å². The summed E-state index contributed by atoms with van der Waals surface area (Å²) in [6, 6.07) is 13.0. The van der Waals surface area contributed by atoms with Crippen LogP contribution in [0.1, 0.15) is 18.1 Å². The molecule has 144 valence electrons. The third-order valence-corrected chi connectivity index (χ3v) is 4.13. The van der Waals surface area contributed by atoms with Crippen molar-refractivity contribution < 1.29 is 19.1 Å². The zero-order chi connectivity index (χ0) is 19.8. The Labute approximate surface area is 160 Å². The lowest BCUT2D eigenvalue weighted by Gasteiger charge is -2.21. The standard InChI is InChI=1S/C21H26N2O4/c1-15-5-10-20(16(2)13-15)22-21(25)14-23(17(3)24)11-12-27-19-8-6-18(26-4)7-9-19/h5-10,13H,11-12,14H2,1-4H3,(H,22,25). The van der Waals surface area contributed by atoms with Crippen LogP contribution in [0.25, 0.3) is 0 Å². The average molecular weight is 370 g/mol. The Bertz CT molecular complexity index is 787. The van der Waals surface area contributed by atoms with Gasteiger partial charge in [0, 0.05) is 12.6 Å². The first-order chi connectivity index (χ1) is 12.9. The summed E-state index contributed by atoms with van der Waals surface area (Å²) in [7, 11) is 1.60. The van der Waals surface area contributed by atoms with Crippen molar-refractivity contribution in [2.24, 2.45) is 0 Å². The van der Waals surface area contributed by atoms with Crippen LogP contribution >= 0.6 is 0 Å². The smallest absolute Gasteiger partial charge is 0.244 e. The zero-order valence-electron chi connectivity index (χ0n) is 16.2. The summed E-state index contributed by atoms with van der Waals surface area (Å²) >= 11 is 0. The second kappa shape index (κ2) is 9.62. The Morgan fingerprint density at radius 2 is 1.70 bits per heavy atom. The molecule has 0 aliphatic heterocycles. The van der Waals surface area contributed by atoms with Gasteiger partial charge in [0.25, 0.3) is 0 Å². The van der Waals surface area contributed by atoms with Crippen molar-refractivity contribution in [1.82, 2.24) is 4.90 Å². The van der Waals surface area contributed by atoms with E-state index in [0.29, 0.717) is 18.9 Å². The van der Waals surface area contributed by atoms with E-state index in [1.165, 1.54) is 11.8 Å². The topological polar surface area (TPSA) is 67.9 Å². The summed E-state index contributed by atoms with van der Waals surface area (Å²) in [4.78, 5) is 25.6. The van der Waals surface area contributed by atoms with Gasteiger partial charge >= 0.3 is 0 Å². The van der Waals surface area contributed by atoms with Gasteiger partial charge in [0.15, 0.2) is 0 Å². The molecule has 0 heterocycles. The van der Waals surface area contributed by atoms with Crippen LogP contribution in [0.15, 0.2) is 42.5 Å². The van der Waals surface area contributed by atoms with Crippen LogP contribution in [0.2, 0.25) is 0 Å². The number of hydrogen-bond acceptors (Lipinski definition) is 4. The molecule has 0 saturated carbocycles. The number of anilines is 1. The number of hydrogen-bond donors (Lipinski definition) is 1. The van der Waals surface area contributed by atoms with Gasteiger partial charge in [-0.1, -0.05) is 17.7 Å². The molecule has 2 aromatic rings. The average Bonchev–Trinajstić information content (AvgIpc) is 2.63. The first-order valence-corrected chi connectivity index (χ1v) is 8.78. The van der Waals surface area contributed by atoms with Crippen LogP contribution in [0.3, 0.4) is 0 Å². The zero-order valence-corrected chi connectivity index (χ0v) is 16.2. The number of nitrogens with zero attached hydrogens (tertiary/aromatic N) is 1. The third kappa shape index (κ3) is 6.33. The molecule has 2 aromatic carbocycles. The maximum absolute atomic E-state index is 12.3. The molecule has 0 saturated heterocycles. The van der Waals surface area contributed by atoms with E-state index in [4.69, 9.17) is 9.47 Å². The minimum Gasteiger partial charge on any atom is -0.497 e. The van der Waals surface area contributed by atoms with Crippen molar-refractivity contribution in [3.8, 4) is 11.5 Å². The quantitative estimate of drug-likeness (QED) is 0.775. The number of rotatable bonds is 8. The first kappa shape index (κ1) is 20.3. The molecule has 0 fully saturated rings. The minimum atomic E-state index is -0.235. The maximum atomic E-state index is 12.3. The van der Waals surface area contributed by atoms with Gasteiger partial charge in [0.05, 0.1) is 20.2 Å². The Balaban J connectivity index is 1.86. The van der Waals surface area contributed by atoms with Gasteiger partial charge < -0.3 is 19.7 Å². The van der Waals surface area contributed by atoms with Crippen molar-refractivity contribution in [1.29, 1.82) is 0 Å². The number of nitrogens with one attached hydrogen (secondary N) is 1. The molecule has 6 heteroatoms. The predicted octanol–water partition coefficient (Wildman–Crippen LogP) is 3.18. The minimum absolute atomic E-state index is 0.0192. The lowest BCUT2D eigenvalue weighted by molar-refractivity contribution is -0.133. The summed E-state index contributed by atoms with van der Waals surface area (Å²) in [6.07, 6.45) is 0. The van der Waals surface area contributed by atoms with Crippen molar-refractivity contribution in [3.63, 3.8) is 0 Å². The van der Waals surface area contributed by atoms with E-state index in [2.05, 4.69) is 5.32 Å². The van der Waals surface area contributed by atoms with E-state index in [0.717, 1.165) is 22.6 Å². The second-order valence-electron chi connectivity index (χ2n) is 6.33. The van der Waals surface area contributed by atoms with Crippen LogP contribution in [-0.2, 0) is 9.59 Å². The summed E-state index contributed by atoms with van der Waals surface area (Å²) < 4.78 is 10.7. The molecule has 0 radical (unpaired) electrons. The molecule has 0 spiro atoms. The van der Waals surface area contributed by atoms with Crippen molar-refractivity contribution in [2.45, 2.75) is 20.8 Å². The van der Waals surface area contributed by atoms with Gasteiger partial charge in [0.2, 0.25) is 11.8 Å². The fourth-order valence-electron chi connectivity index (χ4n) is 2.61. The summed E-state index contributed by atoms with van der Waals surface area (Å²) in [5.74, 6) is 1.01. The molecule has 2 rings (SSSR count). The molecular weight excluding hydrogens is 344 g/mol. The highest BCUT2D eigenvalue weighted by atomic mass is 16.5. The van der Waals surface area contributed by atoms with Crippen LogP contribution in [0.4, 0.5) is 5.69 Å². The van der Waals surface area contributed by atoms with E-state index in [1.807, 2.05) is 32.0 Å². The molecule has 0 unspecified atom stereocenters. The van der Waals surface area contributed by atoms with Crippen LogP contribution in [-0.4, -0.2) is 43.5 Å². The predicted molar refractivity (Wildman–Crippen MR) is 105 cm³/mol. The third-order valence-electron chi connectivity index (χ3n) is 4.13. The summed E-state index contributed by atoms with van der Waals surface area (Å²) in [6.45, 7) is 5.98. The Morgan fingerprint density at radius 3 is 2.30 bits per heavy atom. The molecule has 0 bridgehead atoms. The molecule has 6 nitrogen and oxygen atoms in total. The first-order valence-electron chi connectivity index (χ1n) is 8.78. The highest BCUT2D eigenvalue weighted by Crippen LogP contribution is 2.17. The fourth-order valence-corrected chi connectivity index (χ4v) is 2.61. The van der Waals surface area contributed by atoms with Gasteiger partial charge in [-0.3, -0.25) is 9.59 Å². The van der Waals surface area contributed by atoms with Crippen LogP contribution in [0.5, 0.6) is 11.5 Å². The van der Waals surface area contributed by atoms with E-state index in [9.17, 15) is 9.59 Å². The van der Waals surface area contributed by atoms with Crippen molar-refractivity contribution >= 4 is 17.5 Å². The highest BCUT2D eigenvalue weighted by Gasteiger charge is 2.14. The largest absolute Gasteiger partial charge is 0.497 e. The normalized spacial score (nSPS) is 10.2. The molecule has 0 aliphatic rings. The van der Waals surface area contributed by atoms with Gasteiger partial charge in [-0.25, -0.2) is 0 Å². The summed E-state index contributed by atoms with van der Waals surface area (Å²) in [5.41, 5.74) is 2.87. The summed E-state index contributed by atoms with van der Waals surface area (Å²) in [5, 5.41) is 2.86. The van der Waals surface area contributed by atoms with E-state index < -0.39 is 0 Å². The second-order valence-corrected chi connectivity index (χ2v) is 6.33. The van der Waals surface area contributed by atoms with Gasteiger partial charge in [-0.15, -0.1) is 0 Å². The number of carbonyl (C=O) groups excluding carboxylic acids is 2. The van der Waals surface area contributed by atoms with E-state index >= 15 is 0 Å². The number of benzene rings is 2. The highest BCUT2D eigenvalue weighted by molar-refractivity contribution is 5.94. The van der Waals surface area contributed by atoms with Gasteiger partial charge in [-0.05, 0) is 49.7 Å². The number of carbonyl (C=O) groups is 2. The van der Waals surface area contributed by atoms with E-state index in [1.54, 1.807) is 31.4 Å². The van der Waals surface area contributed by atoms with Crippen molar-refractivity contribution in [3.05, 3.63) is 53.6 Å². The molecule has 27 heavy (non-hydrogen) atoms. The molecule has 0 atom stereocenters.